The number of benzene rings is 1. The zero-order valence-corrected chi connectivity index (χ0v) is 12.1. The van der Waals surface area contributed by atoms with Crippen molar-refractivity contribution in [1.29, 1.82) is 0 Å². The van der Waals surface area contributed by atoms with E-state index < -0.39 is 20.2 Å². The Morgan fingerprint density at radius 2 is 1.65 bits per heavy atom. The molecular formula is C13H18F3NO2S. The Morgan fingerprint density at radius 1 is 1.15 bits per heavy atom. The van der Waals surface area contributed by atoms with Crippen LogP contribution in [0.3, 0.4) is 0 Å². The summed E-state index contributed by atoms with van der Waals surface area (Å²) in [6, 6.07) is 4.60. The third kappa shape index (κ3) is 4.21. The number of alkyl halides is 3. The molecule has 0 saturated carbocycles. The minimum Gasteiger partial charge on any atom is -0.327 e. The van der Waals surface area contributed by atoms with Gasteiger partial charge in [-0.15, -0.1) is 0 Å². The highest BCUT2D eigenvalue weighted by Gasteiger charge is 2.46. The second-order valence-electron chi connectivity index (χ2n) is 5.19. The monoisotopic (exact) mass is 309 g/mol. The van der Waals surface area contributed by atoms with Gasteiger partial charge in [-0.2, -0.15) is 13.2 Å². The SMILES string of the molecule is CC(C)CC(N)Cc1ccc(S(=O)(=O)C(F)(F)F)cc1. The second-order valence-corrected chi connectivity index (χ2v) is 7.13. The van der Waals surface area contributed by atoms with Crippen molar-refractivity contribution in [2.45, 2.75) is 43.1 Å². The third-order valence-electron chi connectivity index (χ3n) is 2.81. The van der Waals surface area contributed by atoms with E-state index in [1.807, 2.05) is 13.8 Å². The summed E-state index contributed by atoms with van der Waals surface area (Å²) >= 11 is 0. The van der Waals surface area contributed by atoms with Crippen molar-refractivity contribution in [2.75, 3.05) is 0 Å². The Bertz CT molecular complexity index is 536. The van der Waals surface area contributed by atoms with Crippen molar-refractivity contribution in [3.8, 4) is 0 Å². The fourth-order valence-electron chi connectivity index (χ4n) is 1.93. The fraction of sp³-hybridized carbons (Fsp3) is 0.538. The van der Waals surface area contributed by atoms with Crippen LogP contribution < -0.4 is 5.73 Å². The highest BCUT2D eigenvalue weighted by molar-refractivity contribution is 7.92. The van der Waals surface area contributed by atoms with E-state index >= 15 is 0 Å². The maximum Gasteiger partial charge on any atom is 0.501 e. The zero-order valence-electron chi connectivity index (χ0n) is 11.3. The molecule has 0 aliphatic heterocycles. The lowest BCUT2D eigenvalue weighted by Gasteiger charge is -2.14. The Morgan fingerprint density at radius 3 is 2.05 bits per heavy atom. The Labute approximate surface area is 116 Å². The van der Waals surface area contributed by atoms with Crippen LogP contribution in [-0.2, 0) is 16.3 Å². The summed E-state index contributed by atoms with van der Waals surface area (Å²) < 4.78 is 59.5. The molecule has 114 valence electrons. The lowest BCUT2D eigenvalue weighted by atomic mass is 9.98. The molecular weight excluding hydrogens is 291 g/mol. The molecule has 0 radical (unpaired) electrons. The molecule has 1 unspecified atom stereocenters. The van der Waals surface area contributed by atoms with E-state index in [1.165, 1.54) is 12.1 Å². The number of hydrogen-bond acceptors (Lipinski definition) is 3. The first kappa shape index (κ1) is 17.0. The van der Waals surface area contributed by atoms with Gasteiger partial charge in [0.25, 0.3) is 9.84 Å². The summed E-state index contributed by atoms with van der Waals surface area (Å²) in [6.45, 7) is 4.05. The van der Waals surface area contributed by atoms with E-state index in [1.54, 1.807) is 0 Å². The van der Waals surface area contributed by atoms with E-state index in [0.29, 0.717) is 12.3 Å². The molecule has 0 amide bonds. The van der Waals surface area contributed by atoms with Crippen molar-refractivity contribution >= 4 is 9.84 Å². The van der Waals surface area contributed by atoms with Gasteiger partial charge >= 0.3 is 5.51 Å². The Balaban J connectivity index is 2.85. The molecule has 0 bridgehead atoms. The highest BCUT2D eigenvalue weighted by Crippen LogP contribution is 2.30. The quantitative estimate of drug-likeness (QED) is 0.910. The minimum atomic E-state index is -5.28. The average Bonchev–Trinajstić information content (AvgIpc) is 2.26. The molecule has 20 heavy (non-hydrogen) atoms. The van der Waals surface area contributed by atoms with Crippen LogP contribution in [0, 0.1) is 5.92 Å². The summed E-state index contributed by atoms with van der Waals surface area (Å²) in [7, 11) is -5.27. The molecule has 3 nitrogen and oxygen atoms in total. The van der Waals surface area contributed by atoms with E-state index in [0.717, 1.165) is 24.1 Å². The topological polar surface area (TPSA) is 60.2 Å². The first-order chi connectivity index (χ1) is 9.04. The molecule has 0 aliphatic rings. The predicted molar refractivity (Wildman–Crippen MR) is 70.8 cm³/mol. The van der Waals surface area contributed by atoms with E-state index in [-0.39, 0.29) is 6.04 Å². The van der Waals surface area contributed by atoms with Gasteiger partial charge < -0.3 is 5.73 Å². The maximum absolute atomic E-state index is 12.4. The first-order valence-electron chi connectivity index (χ1n) is 6.20. The minimum absolute atomic E-state index is 0.0972. The third-order valence-corrected chi connectivity index (χ3v) is 4.31. The van der Waals surface area contributed by atoms with Crippen molar-refractivity contribution in [2.24, 2.45) is 11.7 Å². The van der Waals surface area contributed by atoms with Gasteiger partial charge in [-0.05, 0) is 36.5 Å². The van der Waals surface area contributed by atoms with Gasteiger partial charge in [0.2, 0.25) is 0 Å². The summed E-state index contributed by atoms with van der Waals surface area (Å²) in [4.78, 5) is -0.744. The molecule has 0 saturated heterocycles. The molecule has 7 heteroatoms. The second kappa shape index (κ2) is 6.13. The number of rotatable bonds is 5. The van der Waals surface area contributed by atoms with Crippen LogP contribution >= 0.6 is 0 Å². The van der Waals surface area contributed by atoms with Crippen LogP contribution in [0.5, 0.6) is 0 Å². The van der Waals surface area contributed by atoms with E-state index in [2.05, 4.69) is 0 Å². The van der Waals surface area contributed by atoms with Crippen molar-refractivity contribution in [3.05, 3.63) is 29.8 Å². The van der Waals surface area contributed by atoms with Crippen LogP contribution in [0.25, 0.3) is 0 Å². The van der Waals surface area contributed by atoms with Gasteiger partial charge in [0.1, 0.15) is 0 Å². The lowest BCUT2D eigenvalue weighted by Crippen LogP contribution is -2.25. The van der Waals surface area contributed by atoms with Gasteiger partial charge in [-0.1, -0.05) is 26.0 Å². The average molecular weight is 309 g/mol. The van der Waals surface area contributed by atoms with Crippen LogP contribution in [0.15, 0.2) is 29.2 Å². The van der Waals surface area contributed by atoms with Crippen molar-refractivity contribution in [3.63, 3.8) is 0 Å². The molecule has 2 N–H and O–H groups in total. The summed E-state index contributed by atoms with van der Waals surface area (Å²) in [5, 5.41) is 0. The number of hydrogen-bond donors (Lipinski definition) is 1. The number of sulfone groups is 1. The van der Waals surface area contributed by atoms with E-state index in [9.17, 15) is 21.6 Å². The van der Waals surface area contributed by atoms with Crippen LogP contribution in [0.1, 0.15) is 25.8 Å². The van der Waals surface area contributed by atoms with Crippen LogP contribution in [0.2, 0.25) is 0 Å². The summed E-state index contributed by atoms with van der Waals surface area (Å²) in [5.74, 6) is 0.426. The number of nitrogens with two attached hydrogens (primary N) is 1. The van der Waals surface area contributed by atoms with Crippen LogP contribution in [-0.4, -0.2) is 20.0 Å². The van der Waals surface area contributed by atoms with Gasteiger partial charge in [-0.25, -0.2) is 8.42 Å². The molecule has 0 heterocycles. The molecule has 1 rings (SSSR count). The fourth-order valence-corrected chi connectivity index (χ4v) is 2.69. The molecule has 1 atom stereocenters. The first-order valence-corrected chi connectivity index (χ1v) is 7.68. The molecule has 0 aliphatic carbocycles. The van der Waals surface area contributed by atoms with Gasteiger partial charge in [-0.3, -0.25) is 0 Å². The number of halogens is 3. The summed E-state index contributed by atoms with van der Waals surface area (Å²) in [5.41, 5.74) is 1.35. The smallest absolute Gasteiger partial charge is 0.327 e. The Hall–Kier alpha value is -1.08. The van der Waals surface area contributed by atoms with Crippen molar-refractivity contribution < 1.29 is 21.6 Å². The molecule has 0 aromatic heterocycles. The van der Waals surface area contributed by atoms with E-state index in [4.69, 9.17) is 5.73 Å². The van der Waals surface area contributed by atoms with Gasteiger partial charge in [0.05, 0.1) is 4.90 Å². The van der Waals surface area contributed by atoms with Crippen LogP contribution in [0.4, 0.5) is 13.2 Å². The van der Waals surface area contributed by atoms with Gasteiger partial charge in [0.15, 0.2) is 0 Å². The molecule has 1 aromatic carbocycles. The lowest BCUT2D eigenvalue weighted by molar-refractivity contribution is -0.0436. The normalized spacial score (nSPS) is 14.6. The molecule has 0 spiro atoms. The maximum atomic E-state index is 12.4. The largest absolute Gasteiger partial charge is 0.501 e. The Kier molecular flexibility index (Phi) is 5.21. The molecule has 1 aromatic rings. The van der Waals surface area contributed by atoms with Crippen molar-refractivity contribution in [1.82, 2.24) is 0 Å². The molecule has 0 fully saturated rings. The van der Waals surface area contributed by atoms with Gasteiger partial charge in [0, 0.05) is 6.04 Å². The predicted octanol–water partition coefficient (Wildman–Crippen LogP) is 2.90. The summed E-state index contributed by atoms with van der Waals surface area (Å²) in [6.07, 6.45) is 1.30. The highest BCUT2D eigenvalue weighted by atomic mass is 32.2. The standard InChI is InChI=1S/C13H18F3NO2S/c1-9(2)7-11(17)8-10-3-5-12(6-4-10)20(18,19)13(14,15)16/h3-6,9,11H,7-8,17H2,1-2H3. The zero-order chi connectivity index (χ0) is 15.6.